The van der Waals surface area contributed by atoms with Crippen LogP contribution in [0.2, 0.25) is 18.1 Å². The highest BCUT2D eigenvalue weighted by Crippen LogP contribution is 2.39. The quantitative estimate of drug-likeness (QED) is 0.553. The van der Waals surface area contributed by atoms with Crippen LogP contribution in [0.3, 0.4) is 0 Å². The number of hydrogen-bond acceptors (Lipinski definition) is 5. The fourth-order valence-electron chi connectivity index (χ4n) is 4.33. The van der Waals surface area contributed by atoms with Gasteiger partial charge in [0, 0.05) is 30.8 Å². The largest absolute Gasteiger partial charge is 0.494 e. The molecule has 0 radical (unpaired) electrons. The van der Waals surface area contributed by atoms with Crippen LogP contribution in [-0.2, 0) is 13.7 Å². The smallest absolute Gasteiger partial charge is 0.414 e. The zero-order valence-corrected chi connectivity index (χ0v) is 23.0. The lowest BCUT2D eigenvalue weighted by Crippen LogP contribution is -2.47. The third kappa shape index (κ3) is 4.75. The molecule has 0 atom stereocenters. The Morgan fingerprint density at radius 2 is 1.64 bits per heavy atom. The van der Waals surface area contributed by atoms with E-state index in [9.17, 15) is 0 Å². The minimum atomic E-state index is -1.75. The molecule has 1 aromatic carbocycles. The van der Waals surface area contributed by atoms with Crippen LogP contribution in [0.25, 0.3) is 10.8 Å². The van der Waals surface area contributed by atoms with E-state index in [-0.39, 0.29) is 23.4 Å². The highest BCUT2D eigenvalue weighted by molar-refractivity contribution is 6.74. The third-order valence-electron chi connectivity index (χ3n) is 8.30. The van der Waals surface area contributed by atoms with Crippen molar-refractivity contribution in [3.63, 3.8) is 0 Å². The van der Waals surface area contributed by atoms with E-state index in [4.69, 9.17) is 18.7 Å². The first kappa shape index (κ1) is 24.7. The van der Waals surface area contributed by atoms with Gasteiger partial charge in [-0.1, -0.05) is 39.0 Å². The van der Waals surface area contributed by atoms with E-state index in [1.54, 1.807) is 0 Å². The Balaban J connectivity index is 1.53. The van der Waals surface area contributed by atoms with Gasteiger partial charge in [-0.05, 0) is 75.6 Å². The summed E-state index contributed by atoms with van der Waals surface area (Å²) < 4.78 is 19.3. The first-order valence-electron chi connectivity index (χ1n) is 12.4. The lowest BCUT2D eigenvalue weighted by atomic mass is 9.78. The van der Waals surface area contributed by atoms with Gasteiger partial charge in [-0.3, -0.25) is 0 Å². The van der Waals surface area contributed by atoms with Gasteiger partial charge in [0.05, 0.1) is 11.2 Å². The van der Waals surface area contributed by atoms with Gasteiger partial charge in [0.2, 0.25) is 0 Å². The Hall–Kier alpha value is -1.41. The molecule has 4 rings (SSSR count). The maximum absolute atomic E-state index is 6.70. The number of rotatable bonds is 4. The molecule has 0 N–H and O–H groups in total. The van der Waals surface area contributed by atoms with Crippen molar-refractivity contribution in [3.05, 3.63) is 30.5 Å². The second kappa shape index (κ2) is 8.36. The number of fused-ring (bicyclic) bond motifs is 1. The van der Waals surface area contributed by atoms with E-state index in [1.165, 1.54) is 5.39 Å². The van der Waals surface area contributed by atoms with Crippen LogP contribution in [-0.4, -0.2) is 50.8 Å². The van der Waals surface area contributed by atoms with Crippen molar-refractivity contribution in [2.24, 2.45) is 0 Å². The molecule has 7 heteroatoms. The van der Waals surface area contributed by atoms with Crippen molar-refractivity contribution < 1.29 is 13.7 Å². The molecule has 0 unspecified atom stereocenters. The van der Waals surface area contributed by atoms with Gasteiger partial charge in [0.25, 0.3) is 0 Å². The van der Waals surface area contributed by atoms with E-state index in [2.05, 4.69) is 90.7 Å². The maximum atomic E-state index is 6.70. The van der Waals surface area contributed by atoms with E-state index in [1.807, 2.05) is 6.20 Å². The predicted octanol–water partition coefficient (Wildman–Crippen LogP) is 5.52. The molecule has 0 aliphatic carbocycles. The van der Waals surface area contributed by atoms with Crippen LogP contribution >= 0.6 is 0 Å². The Bertz CT molecular complexity index is 994. The molecule has 5 nitrogen and oxygen atoms in total. The van der Waals surface area contributed by atoms with Crippen molar-refractivity contribution in [3.8, 4) is 0 Å². The summed E-state index contributed by atoms with van der Waals surface area (Å²) in [5.41, 5.74) is 0.346. The van der Waals surface area contributed by atoms with Crippen molar-refractivity contribution in [1.29, 1.82) is 0 Å². The van der Waals surface area contributed by atoms with E-state index < -0.39 is 8.32 Å². The van der Waals surface area contributed by atoms with Gasteiger partial charge < -0.3 is 18.6 Å². The average Bonchev–Trinajstić information content (AvgIpc) is 2.94. The Kier molecular flexibility index (Phi) is 6.26. The average molecular weight is 469 g/mol. The molecule has 33 heavy (non-hydrogen) atoms. The zero-order valence-electron chi connectivity index (χ0n) is 22.0. The predicted molar refractivity (Wildman–Crippen MR) is 141 cm³/mol. The number of pyridine rings is 1. The lowest BCUT2D eigenvalue weighted by molar-refractivity contribution is 0.00578. The van der Waals surface area contributed by atoms with Gasteiger partial charge in [-0.2, -0.15) is 0 Å². The summed E-state index contributed by atoms with van der Waals surface area (Å²) in [5, 5.41) is 2.60. The number of anilines is 1. The molecule has 2 aromatic rings. The van der Waals surface area contributed by atoms with Crippen LogP contribution < -0.4 is 10.4 Å². The van der Waals surface area contributed by atoms with Gasteiger partial charge in [-0.15, -0.1) is 0 Å². The first-order chi connectivity index (χ1) is 15.2. The normalized spacial score (nSPS) is 21.7. The molecule has 1 aromatic heterocycles. The number of hydrogen-bond donors (Lipinski definition) is 0. The molecule has 2 fully saturated rings. The van der Waals surface area contributed by atoms with Crippen LogP contribution in [0.15, 0.2) is 30.5 Å². The van der Waals surface area contributed by atoms with Crippen molar-refractivity contribution in [1.82, 2.24) is 4.98 Å². The fraction of sp³-hybridized carbons (Fsp3) is 0.654. The monoisotopic (exact) mass is 468 g/mol. The Morgan fingerprint density at radius 1 is 1.03 bits per heavy atom. The van der Waals surface area contributed by atoms with Gasteiger partial charge >= 0.3 is 7.12 Å². The molecule has 0 spiro atoms. The van der Waals surface area contributed by atoms with Crippen LogP contribution in [0.1, 0.15) is 61.3 Å². The van der Waals surface area contributed by atoms with Gasteiger partial charge in [0.1, 0.15) is 5.82 Å². The van der Waals surface area contributed by atoms with E-state index >= 15 is 0 Å². The third-order valence-corrected chi connectivity index (χ3v) is 12.8. The van der Waals surface area contributed by atoms with Crippen LogP contribution in [0.5, 0.6) is 0 Å². The number of aromatic nitrogens is 1. The summed E-state index contributed by atoms with van der Waals surface area (Å²) in [6, 6.07) is 8.57. The fourth-order valence-corrected chi connectivity index (χ4v) is 5.75. The maximum Gasteiger partial charge on any atom is 0.494 e. The van der Waals surface area contributed by atoms with Crippen molar-refractivity contribution in [2.75, 3.05) is 18.0 Å². The van der Waals surface area contributed by atoms with E-state index in [0.29, 0.717) is 6.10 Å². The summed E-state index contributed by atoms with van der Waals surface area (Å²) in [5.74, 6) is 1.05. The summed E-state index contributed by atoms with van der Waals surface area (Å²) in [7, 11) is -2.11. The standard InChI is InChI=1S/C26H41BN2O3Si/c1-24(2,3)33(8,9)30-21-13-16-29(17-14-21)23-22-18-20(11-10-19(22)12-15-28-23)27-31-25(4,5)26(6,7)32-27/h10-12,15,18,21H,13-14,16-17H2,1-9H3. The SMILES string of the molecule is CC1(C)OB(c2ccc3ccnc(N4CCC(O[Si](C)(C)C(C)(C)C)CC4)c3c2)OC1(C)C. The highest BCUT2D eigenvalue weighted by Gasteiger charge is 2.51. The second-order valence-electron chi connectivity index (χ2n) is 12.3. The van der Waals surface area contributed by atoms with Crippen LogP contribution in [0.4, 0.5) is 5.82 Å². The number of nitrogens with zero attached hydrogens (tertiary/aromatic N) is 2. The van der Waals surface area contributed by atoms with E-state index in [0.717, 1.165) is 42.6 Å². The summed E-state index contributed by atoms with van der Waals surface area (Å²) in [6.07, 6.45) is 4.35. The highest BCUT2D eigenvalue weighted by atomic mass is 28.4. The lowest BCUT2D eigenvalue weighted by Gasteiger charge is -2.42. The molecule has 2 aliphatic heterocycles. The Labute approximate surface area is 201 Å². The van der Waals surface area contributed by atoms with Crippen LogP contribution in [0, 0.1) is 0 Å². The number of benzene rings is 1. The molecular formula is C26H41BN2O3Si. The molecule has 180 valence electrons. The minimum absolute atomic E-state index is 0.241. The molecule has 0 bridgehead atoms. The van der Waals surface area contributed by atoms with Crippen molar-refractivity contribution in [2.45, 2.75) is 96.7 Å². The van der Waals surface area contributed by atoms with Gasteiger partial charge in [-0.25, -0.2) is 4.98 Å². The summed E-state index contributed by atoms with van der Waals surface area (Å²) in [6.45, 7) is 21.9. The Morgan fingerprint density at radius 3 is 2.21 bits per heavy atom. The topological polar surface area (TPSA) is 43.8 Å². The molecule has 3 heterocycles. The molecule has 2 saturated heterocycles. The minimum Gasteiger partial charge on any atom is -0.414 e. The van der Waals surface area contributed by atoms with Crippen molar-refractivity contribution >= 4 is 37.5 Å². The van der Waals surface area contributed by atoms with Gasteiger partial charge in [0.15, 0.2) is 8.32 Å². The number of piperidine rings is 1. The molecule has 2 aliphatic rings. The summed E-state index contributed by atoms with van der Waals surface area (Å²) >= 11 is 0. The zero-order chi connectivity index (χ0) is 24.2. The molecular weight excluding hydrogens is 427 g/mol. The first-order valence-corrected chi connectivity index (χ1v) is 15.3. The second-order valence-corrected chi connectivity index (χ2v) is 17.0. The molecule has 0 saturated carbocycles. The summed E-state index contributed by atoms with van der Waals surface area (Å²) in [4.78, 5) is 7.23. The molecule has 0 amide bonds.